The van der Waals surface area contributed by atoms with Gasteiger partial charge in [0.25, 0.3) is 5.91 Å². The maximum atomic E-state index is 13.4. The quantitative estimate of drug-likeness (QED) is 0.681. The molecule has 1 amide bonds. The Bertz CT molecular complexity index is 997. The normalized spacial score (nSPS) is 11.6. The van der Waals surface area contributed by atoms with Crippen LogP contribution in [0.25, 0.3) is 10.9 Å². The number of amides is 1. The zero-order valence-electron chi connectivity index (χ0n) is 13.0. The number of pyridine rings is 1. The first-order valence-corrected chi connectivity index (χ1v) is 7.09. The second-order valence-electron chi connectivity index (χ2n) is 5.25. The Hall–Kier alpha value is -3.17. The number of H-pyrrole nitrogens is 1. The Morgan fingerprint density at radius 1 is 1.19 bits per heavy atom. The predicted molar refractivity (Wildman–Crippen MR) is 82.0 cm³/mol. The number of nitrogens with one attached hydrogen (secondary N) is 2. The van der Waals surface area contributed by atoms with E-state index in [1.165, 1.54) is 6.20 Å². The number of aromatic nitrogens is 2. The van der Waals surface area contributed by atoms with Crippen LogP contribution in [0.1, 0.15) is 15.9 Å². The smallest absolute Gasteiger partial charge is 0.421 e. The molecule has 0 aliphatic heterocycles. The van der Waals surface area contributed by atoms with Gasteiger partial charge in [0, 0.05) is 23.8 Å². The van der Waals surface area contributed by atoms with E-state index in [9.17, 15) is 26.7 Å². The molecule has 0 saturated heterocycles. The van der Waals surface area contributed by atoms with Crippen molar-refractivity contribution in [3.63, 3.8) is 0 Å². The SMILES string of the molecule is COc1ncc(C(=O)Nc2c[nH]c3cc(F)c(F)cc23)cc1C(F)(F)F. The van der Waals surface area contributed by atoms with Gasteiger partial charge in [0.1, 0.15) is 5.56 Å². The van der Waals surface area contributed by atoms with Crippen molar-refractivity contribution in [3.8, 4) is 5.88 Å². The Kier molecular flexibility index (Phi) is 4.26. The third kappa shape index (κ3) is 3.17. The minimum absolute atomic E-state index is 0.0771. The van der Waals surface area contributed by atoms with Crippen LogP contribution < -0.4 is 10.1 Å². The molecule has 0 saturated carbocycles. The molecule has 26 heavy (non-hydrogen) atoms. The number of alkyl halides is 3. The van der Waals surface area contributed by atoms with Crippen molar-refractivity contribution in [2.75, 3.05) is 12.4 Å². The van der Waals surface area contributed by atoms with Gasteiger partial charge in [-0.3, -0.25) is 4.79 Å². The largest absolute Gasteiger partial charge is 0.481 e. The van der Waals surface area contributed by atoms with Crippen LogP contribution in [-0.4, -0.2) is 23.0 Å². The van der Waals surface area contributed by atoms with Crippen molar-refractivity contribution >= 4 is 22.5 Å². The molecular formula is C16H10F5N3O2. The molecule has 0 unspecified atom stereocenters. The number of aromatic amines is 1. The lowest BCUT2D eigenvalue weighted by Gasteiger charge is -2.12. The van der Waals surface area contributed by atoms with Gasteiger partial charge in [-0.1, -0.05) is 0 Å². The van der Waals surface area contributed by atoms with E-state index in [2.05, 4.69) is 20.0 Å². The van der Waals surface area contributed by atoms with Gasteiger partial charge >= 0.3 is 6.18 Å². The van der Waals surface area contributed by atoms with Gasteiger partial charge in [-0.2, -0.15) is 13.2 Å². The molecule has 2 aromatic heterocycles. The molecule has 0 atom stereocenters. The number of benzene rings is 1. The van der Waals surface area contributed by atoms with Crippen molar-refractivity contribution in [2.45, 2.75) is 6.18 Å². The Balaban J connectivity index is 1.95. The lowest BCUT2D eigenvalue weighted by molar-refractivity contribution is -0.139. The number of methoxy groups -OCH3 is 1. The van der Waals surface area contributed by atoms with Gasteiger partial charge in [0.2, 0.25) is 5.88 Å². The lowest BCUT2D eigenvalue weighted by atomic mass is 10.1. The summed E-state index contributed by atoms with van der Waals surface area (Å²) in [5, 5.41) is 2.50. The Morgan fingerprint density at radius 2 is 1.88 bits per heavy atom. The van der Waals surface area contributed by atoms with Crippen LogP contribution >= 0.6 is 0 Å². The van der Waals surface area contributed by atoms with Crippen LogP contribution in [0.4, 0.5) is 27.6 Å². The fourth-order valence-corrected chi connectivity index (χ4v) is 2.36. The molecule has 136 valence electrons. The summed E-state index contributed by atoms with van der Waals surface area (Å²) in [5.41, 5.74) is -1.30. The number of nitrogens with zero attached hydrogens (tertiary/aromatic N) is 1. The van der Waals surface area contributed by atoms with Crippen LogP contribution in [0.2, 0.25) is 0 Å². The fraction of sp³-hybridized carbons (Fsp3) is 0.125. The molecule has 2 heterocycles. The summed E-state index contributed by atoms with van der Waals surface area (Å²) >= 11 is 0. The zero-order chi connectivity index (χ0) is 19.1. The second-order valence-corrected chi connectivity index (χ2v) is 5.25. The minimum Gasteiger partial charge on any atom is -0.481 e. The topological polar surface area (TPSA) is 67.0 Å². The first kappa shape index (κ1) is 17.6. The number of fused-ring (bicyclic) bond motifs is 1. The summed E-state index contributed by atoms with van der Waals surface area (Å²) in [7, 11) is 1.02. The van der Waals surface area contributed by atoms with E-state index < -0.39 is 35.2 Å². The summed E-state index contributed by atoms with van der Waals surface area (Å²) in [5.74, 6) is -3.78. The molecule has 0 aliphatic carbocycles. The monoisotopic (exact) mass is 371 g/mol. The second kappa shape index (κ2) is 6.28. The van der Waals surface area contributed by atoms with E-state index in [0.717, 1.165) is 25.4 Å². The molecule has 0 bridgehead atoms. The van der Waals surface area contributed by atoms with Gasteiger partial charge in [-0.05, 0) is 12.1 Å². The number of halogens is 5. The average Bonchev–Trinajstić information content (AvgIpc) is 2.95. The summed E-state index contributed by atoms with van der Waals surface area (Å²) in [6.45, 7) is 0. The van der Waals surface area contributed by atoms with Crippen molar-refractivity contribution in [3.05, 3.63) is 53.4 Å². The number of ether oxygens (including phenoxy) is 1. The summed E-state index contributed by atoms with van der Waals surface area (Å²) in [6, 6.07) is 2.36. The molecule has 0 fully saturated rings. The first-order valence-electron chi connectivity index (χ1n) is 7.09. The van der Waals surface area contributed by atoms with Crippen LogP contribution in [0.3, 0.4) is 0 Å². The predicted octanol–water partition coefficient (Wildman–Crippen LogP) is 4.12. The highest BCUT2D eigenvalue weighted by molar-refractivity contribution is 6.09. The number of anilines is 1. The highest BCUT2D eigenvalue weighted by Crippen LogP contribution is 2.35. The molecule has 0 spiro atoms. The minimum atomic E-state index is -4.77. The molecular weight excluding hydrogens is 361 g/mol. The molecule has 2 N–H and O–H groups in total. The Morgan fingerprint density at radius 3 is 2.54 bits per heavy atom. The summed E-state index contributed by atoms with van der Waals surface area (Å²) < 4.78 is 70.2. The van der Waals surface area contributed by atoms with E-state index in [4.69, 9.17) is 0 Å². The maximum absolute atomic E-state index is 13.4. The molecule has 1 aromatic carbocycles. The van der Waals surface area contributed by atoms with Crippen LogP contribution in [0, 0.1) is 11.6 Å². The third-order valence-electron chi connectivity index (χ3n) is 3.58. The number of hydrogen-bond acceptors (Lipinski definition) is 3. The van der Waals surface area contributed by atoms with Gasteiger partial charge in [0.05, 0.1) is 23.9 Å². The van der Waals surface area contributed by atoms with E-state index >= 15 is 0 Å². The highest BCUT2D eigenvalue weighted by atomic mass is 19.4. The molecule has 5 nitrogen and oxygen atoms in total. The third-order valence-corrected chi connectivity index (χ3v) is 3.58. The van der Waals surface area contributed by atoms with Crippen LogP contribution in [-0.2, 0) is 6.18 Å². The van der Waals surface area contributed by atoms with Crippen molar-refractivity contribution in [1.82, 2.24) is 9.97 Å². The molecule has 3 rings (SSSR count). The fourth-order valence-electron chi connectivity index (χ4n) is 2.36. The van der Waals surface area contributed by atoms with E-state index in [1.807, 2.05) is 0 Å². The zero-order valence-corrected chi connectivity index (χ0v) is 13.0. The van der Waals surface area contributed by atoms with Gasteiger partial charge in [0.15, 0.2) is 11.6 Å². The van der Waals surface area contributed by atoms with E-state index in [-0.39, 0.29) is 22.2 Å². The summed E-state index contributed by atoms with van der Waals surface area (Å²) in [4.78, 5) is 18.4. The van der Waals surface area contributed by atoms with Gasteiger partial charge in [-0.15, -0.1) is 0 Å². The average molecular weight is 371 g/mol. The number of carbonyl (C=O) groups excluding carboxylic acids is 1. The lowest BCUT2D eigenvalue weighted by Crippen LogP contribution is -2.15. The van der Waals surface area contributed by atoms with Gasteiger partial charge in [-0.25, -0.2) is 13.8 Å². The first-order chi connectivity index (χ1) is 12.2. The van der Waals surface area contributed by atoms with Crippen LogP contribution in [0.15, 0.2) is 30.6 Å². The molecule has 10 heteroatoms. The number of carbonyl (C=O) groups is 1. The number of hydrogen-bond donors (Lipinski definition) is 2. The number of rotatable bonds is 3. The van der Waals surface area contributed by atoms with Crippen molar-refractivity contribution in [2.24, 2.45) is 0 Å². The Labute approximate surface area is 142 Å². The summed E-state index contributed by atoms with van der Waals surface area (Å²) in [6.07, 6.45) is -2.59. The van der Waals surface area contributed by atoms with E-state index in [1.54, 1.807) is 0 Å². The maximum Gasteiger partial charge on any atom is 0.421 e. The highest BCUT2D eigenvalue weighted by Gasteiger charge is 2.36. The van der Waals surface area contributed by atoms with E-state index in [0.29, 0.717) is 6.07 Å². The van der Waals surface area contributed by atoms with Gasteiger partial charge < -0.3 is 15.0 Å². The standard InChI is InChI=1S/C16H10F5N3O2/c1-26-15-9(16(19,20)21)2-7(5-23-15)14(25)24-13-6-22-12-4-11(18)10(17)3-8(12)13/h2-6,22H,1H3,(H,24,25). The molecule has 0 aliphatic rings. The van der Waals surface area contributed by atoms with Crippen molar-refractivity contribution in [1.29, 1.82) is 0 Å². The molecule has 0 radical (unpaired) electrons. The van der Waals surface area contributed by atoms with Crippen molar-refractivity contribution < 1.29 is 31.5 Å². The molecule has 3 aromatic rings. The van der Waals surface area contributed by atoms with Crippen LogP contribution in [0.5, 0.6) is 5.88 Å².